The summed E-state index contributed by atoms with van der Waals surface area (Å²) >= 11 is 0. The molecule has 0 aliphatic carbocycles. The van der Waals surface area contributed by atoms with Crippen LogP contribution in [0.1, 0.15) is 127 Å². The van der Waals surface area contributed by atoms with Gasteiger partial charge in [-0.1, -0.05) is 97.3 Å². The van der Waals surface area contributed by atoms with Gasteiger partial charge in [-0.05, 0) is 25.0 Å². The Labute approximate surface area is 199 Å². The Hall–Kier alpha value is -2.24. The number of aromatic hydroxyl groups is 2. The van der Waals surface area contributed by atoms with Crippen molar-refractivity contribution in [3.63, 3.8) is 0 Å². The molecule has 0 saturated heterocycles. The number of benzene rings is 1. The molecule has 188 valence electrons. The van der Waals surface area contributed by atoms with E-state index in [2.05, 4.69) is 13.8 Å². The molecule has 0 aliphatic rings. The summed E-state index contributed by atoms with van der Waals surface area (Å²) < 4.78 is 10.5. The predicted molar refractivity (Wildman–Crippen MR) is 131 cm³/mol. The molecule has 0 radical (unpaired) electrons. The first-order chi connectivity index (χ1) is 16.0. The SMILES string of the molecule is CCCCCCCCCCCC(=O)Oc1cc(C(=O)OCCCCCCCC)cc(O)c1O. The predicted octanol–water partition coefficient (Wildman–Crippen LogP) is 7.44. The van der Waals surface area contributed by atoms with E-state index in [0.29, 0.717) is 13.0 Å². The molecule has 2 N–H and O–H groups in total. The van der Waals surface area contributed by atoms with Crippen molar-refractivity contribution < 1.29 is 29.3 Å². The van der Waals surface area contributed by atoms with Crippen molar-refractivity contribution >= 4 is 11.9 Å². The monoisotopic (exact) mass is 464 g/mol. The van der Waals surface area contributed by atoms with E-state index in [1.54, 1.807) is 0 Å². The molecule has 0 spiro atoms. The van der Waals surface area contributed by atoms with Crippen LogP contribution in [-0.2, 0) is 9.53 Å². The van der Waals surface area contributed by atoms with Crippen molar-refractivity contribution in [2.24, 2.45) is 0 Å². The molecule has 0 aromatic heterocycles. The topological polar surface area (TPSA) is 93.1 Å². The number of phenols is 2. The molecule has 0 fully saturated rings. The minimum atomic E-state index is -0.616. The molecule has 1 aromatic rings. The van der Waals surface area contributed by atoms with Gasteiger partial charge in [0.15, 0.2) is 11.5 Å². The Bertz CT molecular complexity index is 685. The number of phenolic OH excluding ortho intramolecular Hbond substituents is 2. The van der Waals surface area contributed by atoms with Crippen LogP contribution in [0.15, 0.2) is 12.1 Å². The third-order valence-corrected chi connectivity index (χ3v) is 5.73. The Kier molecular flexibility index (Phi) is 15.9. The number of hydrogen-bond donors (Lipinski definition) is 2. The van der Waals surface area contributed by atoms with Crippen molar-refractivity contribution in [2.75, 3.05) is 6.61 Å². The lowest BCUT2D eigenvalue weighted by molar-refractivity contribution is -0.134. The maximum atomic E-state index is 12.3. The van der Waals surface area contributed by atoms with E-state index in [0.717, 1.165) is 38.2 Å². The highest BCUT2D eigenvalue weighted by molar-refractivity contribution is 5.91. The summed E-state index contributed by atoms with van der Waals surface area (Å²) in [7, 11) is 0. The first-order valence-corrected chi connectivity index (χ1v) is 12.9. The second-order valence-electron chi connectivity index (χ2n) is 8.80. The lowest BCUT2D eigenvalue weighted by atomic mass is 10.1. The summed E-state index contributed by atoms with van der Waals surface area (Å²) in [5.74, 6) is -2.40. The van der Waals surface area contributed by atoms with Crippen LogP contribution in [0.25, 0.3) is 0 Å². The van der Waals surface area contributed by atoms with E-state index in [9.17, 15) is 19.8 Å². The fourth-order valence-corrected chi connectivity index (χ4v) is 3.67. The first-order valence-electron chi connectivity index (χ1n) is 12.9. The van der Waals surface area contributed by atoms with Crippen LogP contribution in [0.3, 0.4) is 0 Å². The fourth-order valence-electron chi connectivity index (χ4n) is 3.67. The fraction of sp³-hybridized carbons (Fsp3) is 0.704. The molecule has 0 heterocycles. The number of hydrogen-bond acceptors (Lipinski definition) is 6. The molecule has 33 heavy (non-hydrogen) atoms. The van der Waals surface area contributed by atoms with Gasteiger partial charge < -0.3 is 19.7 Å². The largest absolute Gasteiger partial charge is 0.504 e. The van der Waals surface area contributed by atoms with Crippen molar-refractivity contribution in [3.8, 4) is 17.2 Å². The van der Waals surface area contributed by atoms with E-state index in [1.165, 1.54) is 63.9 Å². The lowest BCUT2D eigenvalue weighted by Crippen LogP contribution is -2.10. The van der Waals surface area contributed by atoms with Crippen LogP contribution in [0.4, 0.5) is 0 Å². The second kappa shape index (κ2) is 18.2. The minimum Gasteiger partial charge on any atom is -0.504 e. The normalized spacial score (nSPS) is 10.8. The van der Waals surface area contributed by atoms with Crippen LogP contribution in [-0.4, -0.2) is 28.8 Å². The zero-order valence-corrected chi connectivity index (χ0v) is 20.7. The van der Waals surface area contributed by atoms with Crippen LogP contribution in [0, 0.1) is 0 Å². The number of carbonyl (C=O) groups excluding carboxylic acids is 2. The summed E-state index contributed by atoms with van der Waals surface area (Å²) in [5.41, 5.74) is 0.0437. The quantitative estimate of drug-likeness (QED) is 0.0956. The van der Waals surface area contributed by atoms with Gasteiger partial charge in [-0.15, -0.1) is 0 Å². The second-order valence-corrected chi connectivity index (χ2v) is 8.80. The van der Waals surface area contributed by atoms with Gasteiger partial charge in [-0.3, -0.25) is 4.79 Å². The molecule has 6 nitrogen and oxygen atoms in total. The van der Waals surface area contributed by atoms with E-state index in [1.807, 2.05) is 0 Å². The molecule has 0 amide bonds. The maximum Gasteiger partial charge on any atom is 0.338 e. The van der Waals surface area contributed by atoms with E-state index in [-0.39, 0.29) is 17.7 Å². The van der Waals surface area contributed by atoms with E-state index >= 15 is 0 Å². The molecule has 0 saturated carbocycles. The van der Waals surface area contributed by atoms with Crippen LogP contribution >= 0.6 is 0 Å². The van der Waals surface area contributed by atoms with Crippen molar-refractivity contribution in [1.29, 1.82) is 0 Å². The van der Waals surface area contributed by atoms with Crippen molar-refractivity contribution in [1.82, 2.24) is 0 Å². The summed E-state index contributed by atoms with van der Waals surface area (Å²) in [5, 5.41) is 20.0. The Morgan fingerprint density at radius 2 is 1.24 bits per heavy atom. The number of esters is 2. The highest BCUT2D eigenvalue weighted by Crippen LogP contribution is 2.37. The average Bonchev–Trinajstić information content (AvgIpc) is 2.80. The van der Waals surface area contributed by atoms with Crippen LogP contribution in [0.5, 0.6) is 17.2 Å². The molecule has 0 unspecified atom stereocenters. The molecular formula is C27H44O6. The highest BCUT2D eigenvalue weighted by Gasteiger charge is 2.18. The smallest absolute Gasteiger partial charge is 0.338 e. The Balaban J connectivity index is 2.37. The highest BCUT2D eigenvalue weighted by atomic mass is 16.5. The summed E-state index contributed by atoms with van der Waals surface area (Å²) in [6.07, 6.45) is 17.0. The third kappa shape index (κ3) is 13.2. The van der Waals surface area contributed by atoms with Crippen molar-refractivity contribution in [3.05, 3.63) is 17.7 Å². The third-order valence-electron chi connectivity index (χ3n) is 5.73. The summed E-state index contributed by atoms with van der Waals surface area (Å²) in [6.45, 7) is 4.66. The number of unbranched alkanes of at least 4 members (excludes halogenated alkanes) is 13. The molecule has 6 heteroatoms. The van der Waals surface area contributed by atoms with Gasteiger partial charge in [-0.25, -0.2) is 4.79 Å². The average molecular weight is 465 g/mol. The minimum absolute atomic E-state index is 0.0437. The van der Waals surface area contributed by atoms with E-state index in [4.69, 9.17) is 9.47 Å². The van der Waals surface area contributed by atoms with Gasteiger partial charge in [-0.2, -0.15) is 0 Å². The molecule has 0 bridgehead atoms. The van der Waals surface area contributed by atoms with Gasteiger partial charge in [0, 0.05) is 6.42 Å². The van der Waals surface area contributed by atoms with Crippen molar-refractivity contribution in [2.45, 2.75) is 117 Å². The van der Waals surface area contributed by atoms with Gasteiger partial charge in [0.1, 0.15) is 0 Å². The van der Waals surface area contributed by atoms with Gasteiger partial charge in [0.05, 0.1) is 12.2 Å². The molecule has 1 aromatic carbocycles. The first kappa shape index (κ1) is 28.8. The molecule has 0 atom stereocenters. The maximum absolute atomic E-state index is 12.3. The van der Waals surface area contributed by atoms with Gasteiger partial charge >= 0.3 is 11.9 Å². The Morgan fingerprint density at radius 3 is 1.82 bits per heavy atom. The van der Waals surface area contributed by atoms with E-state index < -0.39 is 23.4 Å². The van der Waals surface area contributed by atoms with Gasteiger partial charge in [0.25, 0.3) is 0 Å². The number of carbonyl (C=O) groups is 2. The van der Waals surface area contributed by atoms with Gasteiger partial charge in [0.2, 0.25) is 5.75 Å². The summed E-state index contributed by atoms with van der Waals surface area (Å²) in [6, 6.07) is 2.36. The molecule has 0 aliphatic heterocycles. The number of rotatable bonds is 19. The molecular weight excluding hydrogens is 420 g/mol. The van der Waals surface area contributed by atoms with Crippen LogP contribution in [0.2, 0.25) is 0 Å². The number of ether oxygens (including phenoxy) is 2. The summed E-state index contributed by atoms with van der Waals surface area (Å²) in [4.78, 5) is 24.4. The Morgan fingerprint density at radius 1 is 0.727 bits per heavy atom. The standard InChI is InChI=1S/C27H44O6/c1-3-5-7-9-11-12-13-14-16-18-25(29)33-24-21-22(20-23(28)26(24)30)27(31)32-19-17-15-10-8-6-4-2/h20-21,28,30H,3-19H2,1-2H3. The lowest BCUT2D eigenvalue weighted by Gasteiger charge is -2.10. The molecule has 1 rings (SSSR count). The van der Waals surface area contributed by atoms with Crippen LogP contribution < -0.4 is 4.74 Å². The zero-order valence-electron chi connectivity index (χ0n) is 20.7. The zero-order chi connectivity index (χ0) is 24.3.